The zero-order chi connectivity index (χ0) is 8.39. The molecular formula is C10H8S2. The zero-order valence-electron chi connectivity index (χ0n) is 6.49. The van der Waals surface area contributed by atoms with Crippen LogP contribution in [0.2, 0.25) is 0 Å². The summed E-state index contributed by atoms with van der Waals surface area (Å²) in [4.78, 5) is 1.05. The minimum Gasteiger partial charge on any atom is -0.152 e. The van der Waals surface area contributed by atoms with Crippen molar-refractivity contribution in [2.24, 2.45) is 0 Å². The van der Waals surface area contributed by atoms with E-state index in [-0.39, 0.29) is 0 Å². The van der Waals surface area contributed by atoms with Gasteiger partial charge >= 0.3 is 0 Å². The van der Waals surface area contributed by atoms with Gasteiger partial charge in [0.25, 0.3) is 0 Å². The molecule has 60 valence electrons. The predicted molar refractivity (Wildman–Crippen MR) is 58.7 cm³/mol. The number of hydrogen-bond donors (Lipinski definition) is 0. The summed E-state index contributed by atoms with van der Waals surface area (Å²) < 4.78 is 0. The highest BCUT2D eigenvalue weighted by atomic mass is 32.1. The maximum Gasteiger partial charge on any atom is 0.0268 e. The molecule has 0 saturated carbocycles. The van der Waals surface area contributed by atoms with Gasteiger partial charge in [0.15, 0.2) is 0 Å². The molecule has 12 heavy (non-hydrogen) atoms. The Kier molecular flexibility index (Phi) is 2.19. The molecule has 0 aromatic carbocycles. The number of allylic oxidation sites excluding steroid dienone is 4. The average molecular weight is 192 g/mol. The predicted octanol–water partition coefficient (Wildman–Crippen LogP) is 3.46. The fourth-order valence-corrected chi connectivity index (χ4v) is 2.16. The molecule has 2 rings (SSSR count). The Bertz CT molecular complexity index is 342. The van der Waals surface area contributed by atoms with E-state index in [2.05, 4.69) is 35.1 Å². The Morgan fingerprint density at radius 2 is 2.33 bits per heavy atom. The summed E-state index contributed by atoms with van der Waals surface area (Å²) in [6.07, 6.45) is 7.17. The standard InChI is InChI=1S/C10H8S2/c11-10-4-2-1-3-9(10)8-5-6-12-7-8/h1-3,5-7H,4H2. The van der Waals surface area contributed by atoms with Gasteiger partial charge < -0.3 is 0 Å². The van der Waals surface area contributed by atoms with Crippen molar-refractivity contribution in [2.45, 2.75) is 6.42 Å². The van der Waals surface area contributed by atoms with E-state index in [4.69, 9.17) is 12.2 Å². The number of hydrogen-bond acceptors (Lipinski definition) is 2. The first-order chi connectivity index (χ1) is 5.88. The molecule has 0 N–H and O–H groups in total. The van der Waals surface area contributed by atoms with Gasteiger partial charge in [0.1, 0.15) is 0 Å². The third-order valence-electron chi connectivity index (χ3n) is 1.83. The second-order valence-corrected chi connectivity index (χ2v) is 3.92. The van der Waals surface area contributed by atoms with Crippen LogP contribution in [0.25, 0.3) is 5.57 Å². The quantitative estimate of drug-likeness (QED) is 0.614. The molecule has 0 fully saturated rings. The highest BCUT2D eigenvalue weighted by Crippen LogP contribution is 2.23. The van der Waals surface area contributed by atoms with Crippen LogP contribution < -0.4 is 0 Å². The summed E-state index contributed by atoms with van der Waals surface area (Å²) in [6, 6.07) is 2.11. The van der Waals surface area contributed by atoms with Crippen LogP contribution in [-0.2, 0) is 0 Å². The molecule has 0 saturated heterocycles. The average Bonchev–Trinajstić information content (AvgIpc) is 2.57. The van der Waals surface area contributed by atoms with E-state index in [1.54, 1.807) is 11.3 Å². The topological polar surface area (TPSA) is 0 Å². The molecule has 1 aliphatic rings. The second kappa shape index (κ2) is 3.33. The molecule has 0 aliphatic heterocycles. The fraction of sp³-hybridized carbons (Fsp3) is 0.100. The van der Waals surface area contributed by atoms with E-state index in [0.717, 1.165) is 11.3 Å². The molecule has 0 bridgehead atoms. The lowest BCUT2D eigenvalue weighted by molar-refractivity contribution is 1.50. The molecule has 0 radical (unpaired) electrons. The van der Waals surface area contributed by atoms with Gasteiger partial charge in [0, 0.05) is 11.3 Å². The molecule has 1 aromatic heterocycles. The van der Waals surface area contributed by atoms with E-state index < -0.39 is 0 Å². The minimum absolute atomic E-state index is 0.914. The summed E-state index contributed by atoms with van der Waals surface area (Å²) in [5, 5.41) is 4.22. The van der Waals surface area contributed by atoms with Gasteiger partial charge in [-0.2, -0.15) is 11.3 Å². The minimum atomic E-state index is 0.914. The third kappa shape index (κ3) is 1.40. The lowest BCUT2D eigenvalue weighted by Crippen LogP contribution is -1.98. The van der Waals surface area contributed by atoms with Crippen molar-refractivity contribution < 1.29 is 0 Å². The molecule has 2 heteroatoms. The van der Waals surface area contributed by atoms with Crippen LogP contribution in [0, 0.1) is 0 Å². The number of thiocarbonyl (C=S) groups is 1. The van der Waals surface area contributed by atoms with Gasteiger partial charge in [0.2, 0.25) is 0 Å². The Hall–Kier alpha value is -0.730. The lowest BCUT2D eigenvalue weighted by Gasteiger charge is -2.07. The Morgan fingerprint density at radius 3 is 3.00 bits per heavy atom. The number of thiophene rings is 1. The molecule has 1 aliphatic carbocycles. The summed E-state index contributed by atoms with van der Waals surface area (Å²) in [6.45, 7) is 0. The maximum absolute atomic E-state index is 5.26. The van der Waals surface area contributed by atoms with Gasteiger partial charge in [0.05, 0.1) is 0 Å². The molecule has 0 nitrogen and oxygen atoms in total. The largest absolute Gasteiger partial charge is 0.152 e. The smallest absolute Gasteiger partial charge is 0.0268 e. The maximum atomic E-state index is 5.26. The van der Waals surface area contributed by atoms with Crippen molar-refractivity contribution in [3.8, 4) is 0 Å². The van der Waals surface area contributed by atoms with Crippen LogP contribution >= 0.6 is 23.6 Å². The first kappa shape index (κ1) is 7.90. The van der Waals surface area contributed by atoms with Crippen LogP contribution in [0.1, 0.15) is 12.0 Å². The fourth-order valence-electron chi connectivity index (χ4n) is 1.22. The molecule has 0 atom stereocenters. The van der Waals surface area contributed by atoms with Crippen LogP contribution in [0.4, 0.5) is 0 Å². The lowest BCUT2D eigenvalue weighted by atomic mass is 10.00. The van der Waals surface area contributed by atoms with E-state index in [1.807, 2.05) is 0 Å². The van der Waals surface area contributed by atoms with Gasteiger partial charge in [-0.3, -0.25) is 0 Å². The van der Waals surface area contributed by atoms with Crippen molar-refractivity contribution in [2.75, 3.05) is 0 Å². The Labute approximate surface area is 81.2 Å². The van der Waals surface area contributed by atoms with Gasteiger partial charge in [-0.15, -0.1) is 0 Å². The Morgan fingerprint density at radius 1 is 1.42 bits per heavy atom. The summed E-state index contributed by atoms with van der Waals surface area (Å²) in [7, 11) is 0. The zero-order valence-corrected chi connectivity index (χ0v) is 8.12. The van der Waals surface area contributed by atoms with E-state index in [1.165, 1.54) is 11.1 Å². The summed E-state index contributed by atoms with van der Waals surface area (Å²) in [5.41, 5.74) is 2.48. The number of rotatable bonds is 1. The molecule has 1 heterocycles. The molecule has 1 aromatic rings. The normalized spacial score (nSPS) is 16.3. The molecule has 0 amide bonds. The van der Waals surface area contributed by atoms with E-state index >= 15 is 0 Å². The first-order valence-electron chi connectivity index (χ1n) is 3.80. The van der Waals surface area contributed by atoms with Crippen LogP contribution in [0.5, 0.6) is 0 Å². The monoisotopic (exact) mass is 192 g/mol. The second-order valence-electron chi connectivity index (χ2n) is 2.65. The van der Waals surface area contributed by atoms with Gasteiger partial charge in [-0.05, 0) is 28.0 Å². The van der Waals surface area contributed by atoms with Crippen molar-refractivity contribution in [3.05, 3.63) is 40.6 Å². The summed E-state index contributed by atoms with van der Waals surface area (Å²) in [5.74, 6) is 0. The van der Waals surface area contributed by atoms with Crippen molar-refractivity contribution in [1.29, 1.82) is 0 Å². The van der Waals surface area contributed by atoms with Crippen molar-refractivity contribution in [1.82, 2.24) is 0 Å². The molecular weight excluding hydrogens is 184 g/mol. The molecule has 0 spiro atoms. The Balaban J connectivity index is 2.40. The third-order valence-corrected chi connectivity index (χ3v) is 2.90. The van der Waals surface area contributed by atoms with Crippen molar-refractivity contribution in [3.63, 3.8) is 0 Å². The highest BCUT2D eigenvalue weighted by Gasteiger charge is 2.08. The van der Waals surface area contributed by atoms with Crippen LogP contribution in [0.15, 0.2) is 35.1 Å². The van der Waals surface area contributed by atoms with Crippen LogP contribution in [-0.4, -0.2) is 4.86 Å². The van der Waals surface area contributed by atoms with E-state index in [0.29, 0.717) is 0 Å². The van der Waals surface area contributed by atoms with Crippen LogP contribution in [0.3, 0.4) is 0 Å². The SMILES string of the molecule is S=C1CC=CC=C1c1ccsc1. The summed E-state index contributed by atoms with van der Waals surface area (Å²) >= 11 is 6.97. The van der Waals surface area contributed by atoms with E-state index in [9.17, 15) is 0 Å². The van der Waals surface area contributed by atoms with Gasteiger partial charge in [-0.25, -0.2) is 0 Å². The van der Waals surface area contributed by atoms with Crippen molar-refractivity contribution >= 4 is 34.0 Å². The first-order valence-corrected chi connectivity index (χ1v) is 5.15. The van der Waals surface area contributed by atoms with Gasteiger partial charge in [-0.1, -0.05) is 30.4 Å². The highest BCUT2D eigenvalue weighted by molar-refractivity contribution is 7.81. The molecule has 0 unspecified atom stereocenters.